The Morgan fingerprint density at radius 2 is 1.65 bits per heavy atom. The molecule has 0 unspecified atom stereocenters. The lowest BCUT2D eigenvalue weighted by atomic mass is 10.3. The fraction of sp³-hybridized carbons (Fsp3) is 0. The molecule has 2 rings (SSSR count). The van der Waals surface area contributed by atoms with Crippen molar-refractivity contribution in [3.05, 3.63) is 55.9 Å². The lowest BCUT2D eigenvalue weighted by Gasteiger charge is -2.11. The molecule has 1 N–H and O–H groups in total. The summed E-state index contributed by atoms with van der Waals surface area (Å²) in [5.74, 6) is 0. The Labute approximate surface area is 140 Å². The van der Waals surface area contributed by atoms with Gasteiger partial charge in [0.1, 0.15) is 4.90 Å². The van der Waals surface area contributed by atoms with Crippen LogP contribution in [0.3, 0.4) is 0 Å². The Morgan fingerprint density at radius 1 is 0.950 bits per heavy atom. The third-order valence-electron chi connectivity index (χ3n) is 2.36. The highest BCUT2D eigenvalue weighted by atomic mass is 79.9. The number of halogens is 4. The van der Waals surface area contributed by atoms with Crippen LogP contribution in [0, 0.1) is 0 Å². The van der Waals surface area contributed by atoms with Gasteiger partial charge in [-0.05, 0) is 36.4 Å². The van der Waals surface area contributed by atoms with E-state index in [9.17, 15) is 8.42 Å². The number of hydrogen-bond acceptors (Lipinski definition) is 2. The molecule has 0 radical (unpaired) electrons. The molecule has 0 spiro atoms. The van der Waals surface area contributed by atoms with Crippen molar-refractivity contribution in [1.29, 1.82) is 0 Å². The monoisotopic (exact) mass is 413 g/mol. The van der Waals surface area contributed by atoms with Gasteiger partial charge in [0, 0.05) is 9.50 Å². The molecule has 106 valence electrons. The average Bonchev–Trinajstić information content (AvgIpc) is 2.32. The highest BCUT2D eigenvalue weighted by molar-refractivity contribution is 9.10. The molecule has 0 aliphatic carbocycles. The van der Waals surface area contributed by atoms with Crippen LogP contribution in [0.15, 0.2) is 45.8 Å². The van der Waals surface area contributed by atoms with Crippen LogP contribution in [0.25, 0.3) is 0 Å². The maximum absolute atomic E-state index is 12.3. The van der Waals surface area contributed by atoms with Gasteiger partial charge in [-0.25, -0.2) is 8.42 Å². The highest BCUT2D eigenvalue weighted by Crippen LogP contribution is 2.30. The van der Waals surface area contributed by atoms with Crippen molar-refractivity contribution in [2.75, 3.05) is 4.72 Å². The molecule has 0 bridgehead atoms. The Kier molecular flexibility index (Phi) is 4.87. The Morgan fingerprint density at radius 3 is 2.25 bits per heavy atom. The van der Waals surface area contributed by atoms with Crippen molar-refractivity contribution in [1.82, 2.24) is 0 Å². The molecule has 0 aliphatic heterocycles. The van der Waals surface area contributed by atoms with E-state index in [0.29, 0.717) is 9.50 Å². The molecular formula is C12H7BrCl3NO2S. The zero-order valence-electron chi connectivity index (χ0n) is 9.70. The molecule has 3 nitrogen and oxygen atoms in total. The Balaban J connectivity index is 2.41. The van der Waals surface area contributed by atoms with E-state index < -0.39 is 10.0 Å². The number of nitrogens with one attached hydrogen (secondary N) is 1. The molecule has 0 aromatic heterocycles. The van der Waals surface area contributed by atoms with Crippen molar-refractivity contribution in [2.24, 2.45) is 0 Å². The van der Waals surface area contributed by atoms with Gasteiger partial charge in [-0.3, -0.25) is 4.72 Å². The van der Waals surface area contributed by atoms with Crippen LogP contribution in [0.2, 0.25) is 15.1 Å². The number of hydrogen-bond donors (Lipinski definition) is 1. The minimum absolute atomic E-state index is 0.0339. The minimum atomic E-state index is -3.83. The Bertz CT molecular complexity index is 765. The van der Waals surface area contributed by atoms with E-state index in [0.717, 1.165) is 0 Å². The van der Waals surface area contributed by atoms with Crippen LogP contribution in [0.1, 0.15) is 0 Å². The molecule has 0 atom stereocenters. The normalized spacial score (nSPS) is 11.4. The standard InChI is InChI=1S/C12H7BrCl3NO2S/c13-7-1-4-12(10(16)5-7)20(18,19)17-11-3-2-8(14)6-9(11)15/h1-6,17H. The van der Waals surface area contributed by atoms with Crippen LogP contribution < -0.4 is 4.72 Å². The predicted molar refractivity (Wildman–Crippen MR) is 86.4 cm³/mol. The quantitative estimate of drug-likeness (QED) is 0.748. The first-order chi connectivity index (χ1) is 9.29. The van der Waals surface area contributed by atoms with Crippen LogP contribution in [0.5, 0.6) is 0 Å². The lowest BCUT2D eigenvalue weighted by Crippen LogP contribution is -2.13. The smallest absolute Gasteiger partial charge is 0.263 e. The minimum Gasteiger partial charge on any atom is -0.278 e. The van der Waals surface area contributed by atoms with Crippen molar-refractivity contribution in [3.63, 3.8) is 0 Å². The van der Waals surface area contributed by atoms with Crippen molar-refractivity contribution < 1.29 is 8.42 Å². The molecule has 0 saturated heterocycles. The SMILES string of the molecule is O=S(=O)(Nc1ccc(Cl)cc1Cl)c1ccc(Br)cc1Cl. The molecule has 0 aliphatic rings. The highest BCUT2D eigenvalue weighted by Gasteiger charge is 2.19. The van der Waals surface area contributed by atoms with Crippen molar-refractivity contribution in [2.45, 2.75) is 4.90 Å². The third-order valence-corrected chi connectivity index (χ3v) is 5.25. The molecule has 2 aromatic carbocycles. The van der Waals surface area contributed by atoms with Gasteiger partial charge in [-0.1, -0.05) is 50.7 Å². The van der Waals surface area contributed by atoms with Crippen LogP contribution in [-0.4, -0.2) is 8.42 Å². The fourth-order valence-corrected chi connectivity index (χ4v) is 4.10. The lowest BCUT2D eigenvalue weighted by molar-refractivity contribution is 0.601. The number of rotatable bonds is 3. The number of anilines is 1. The predicted octanol–water partition coefficient (Wildman–Crippen LogP) is 5.21. The van der Waals surface area contributed by atoms with Gasteiger partial charge in [0.15, 0.2) is 0 Å². The molecular weight excluding hydrogens is 408 g/mol. The molecule has 20 heavy (non-hydrogen) atoms. The van der Waals surface area contributed by atoms with E-state index in [2.05, 4.69) is 20.7 Å². The second-order valence-electron chi connectivity index (χ2n) is 3.80. The first kappa shape index (κ1) is 15.9. The largest absolute Gasteiger partial charge is 0.278 e. The second kappa shape index (κ2) is 6.12. The summed E-state index contributed by atoms with van der Waals surface area (Å²) < 4.78 is 27.6. The summed E-state index contributed by atoms with van der Waals surface area (Å²) >= 11 is 20.9. The summed E-state index contributed by atoms with van der Waals surface area (Å²) in [6, 6.07) is 8.95. The van der Waals surface area contributed by atoms with E-state index in [1.165, 1.54) is 30.3 Å². The van der Waals surface area contributed by atoms with Crippen molar-refractivity contribution in [3.8, 4) is 0 Å². The zero-order valence-corrected chi connectivity index (χ0v) is 14.4. The van der Waals surface area contributed by atoms with E-state index in [1.54, 1.807) is 6.07 Å². The van der Waals surface area contributed by atoms with Crippen LogP contribution in [-0.2, 0) is 10.0 Å². The number of benzene rings is 2. The maximum atomic E-state index is 12.3. The number of sulfonamides is 1. The van der Waals surface area contributed by atoms with Gasteiger partial charge in [0.2, 0.25) is 0 Å². The third kappa shape index (κ3) is 3.59. The second-order valence-corrected chi connectivity index (χ2v) is 7.62. The maximum Gasteiger partial charge on any atom is 0.263 e. The van der Waals surface area contributed by atoms with Gasteiger partial charge in [0.25, 0.3) is 10.0 Å². The van der Waals surface area contributed by atoms with Gasteiger partial charge in [-0.2, -0.15) is 0 Å². The summed E-state index contributed by atoms with van der Waals surface area (Å²) in [6.07, 6.45) is 0. The molecule has 0 saturated carbocycles. The Hall–Kier alpha value is -0.460. The molecule has 0 fully saturated rings. The fourth-order valence-electron chi connectivity index (χ4n) is 1.47. The van der Waals surface area contributed by atoms with Crippen molar-refractivity contribution >= 4 is 66.4 Å². The zero-order chi connectivity index (χ0) is 14.9. The topological polar surface area (TPSA) is 46.2 Å². The summed E-state index contributed by atoms with van der Waals surface area (Å²) in [4.78, 5) is -0.0339. The van der Waals surface area contributed by atoms with E-state index in [1.807, 2.05) is 0 Å². The summed E-state index contributed by atoms with van der Waals surface area (Å²) in [6.45, 7) is 0. The molecule has 8 heteroatoms. The van der Waals surface area contributed by atoms with E-state index in [4.69, 9.17) is 34.8 Å². The van der Waals surface area contributed by atoms with Gasteiger partial charge < -0.3 is 0 Å². The average molecular weight is 416 g/mol. The summed E-state index contributed by atoms with van der Waals surface area (Å²) in [5.41, 5.74) is 0.232. The van der Waals surface area contributed by atoms with Gasteiger partial charge >= 0.3 is 0 Å². The molecule has 0 heterocycles. The van der Waals surface area contributed by atoms with E-state index >= 15 is 0 Å². The first-order valence-corrected chi connectivity index (χ1v) is 8.63. The van der Waals surface area contributed by atoms with Crippen LogP contribution in [0.4, 0.5) is 5.69 Å². The molecule has 2 aromatic rings. The summed E-state index contributed by atoms with van der Waals surface area (Å²) in [5, 5.41) is 0.728. The molecule has 0 amide bonds. The first-order valence-electron chi connectivity index (χ1n) is 5.22. The summed E-state index contributed by atoms with van der Waals surface area (Å²) in [7, 11) is -3.83. The van der Waals surface area contributed by atoms with Gasteiger partial charge in [0.05, 0.1) is 15.7 Å². The van der Waals surface area contributed by atoms with Crippen LogP contribution >= 0.6 is 50.7 Å². The van der Waals surface area contributed by atoms with E-state index in [-0.39, 0.29) is 20.6 Å². The van der Waals surface area contributed by atoms with Gasteiger partial charge in [-0.15, -0.1) is 0 Å².